The Bertz CT molecular complexity index is 461. The number of thioether (sulfide) groups is 1. The summed E-state index contributed by atoms with van der Waals surface area (Å²) in [5, 5.41) is 3.35. The maximum atomic E-state index is 11.4. The van der Waals surface area contributed by atoms with Gasteiger partial charge < -0.3 is 10.1 Å². The number of carbonyl (C=O) groups excluding carboxylic acids is 1. The van der Waals surface area contributed by atoms with E-state index >= 15 is 0 Å². The van der Waals surface area contributed by atoms with Crippen molar-refractivity contribution in [2.75, 3.05) is 25.2 Å². The third-order valence-electron chi connectivity index (χ3n) is 3.81. The van der Waals surface area contributed by atoms with E-state index in [-0.39, 0.29) is 10.6 Å². The lowest BCUT2D eigenvalue weighted by Gasteiger charge is -2.36. The number of carbonyl (C=O) groups is 1. The zero-order valence-electron chi connectivity index (χ0n) is 12.0. The first-order chi connectivity index (χ1) is 9.69. The summed E-state index contributed by atoms with van der Waals surface area (Å²) >= 11 is 1.93. The lowest BCUT2D eigenvalue weighted by molar-refractivity contribution is 0.0587. The maximum Gasteiger partial charge on any atom is 0.376 e. The Labute approximate surface area is 123 Å². The number of hydrogen-bond donors (Lipinski definition) is 1. The first-order valence-electron chi connectivity index (χ1n) is 6.89. The molecule has 0 spiro atoms. The average Bonchev–Trinajstić information content (AvgIpc) is 2.53. The normalized spacial score (nSPS) is 17.5. The standard InChI is InChI=1S/C14H21N3O2S/c1-19-13(18)12-15-9-6-11(17-12)16-10-14(20-2)7-4-3-5-8-14/h6,9H,3-5,7-8,10H2,1-2H3,(H,15,16,17). The van der Waals surface area contributed by atoms with Gasteiger partial charge in [-0.3, -0.25) is 0 Å². The quantitative estimate of drug-likeness (QED) is 0.843. The Morgan fingerprint density at radius 2 is 2.20 bits per heavy atom. The van der Waals surface area contributed by atoms with Crippen molar-refractivity contribution in [3.8, 4) is 0 Å². The van der Waals surface area contributed by atoms with Gasteiger partial charge in [0, 0.05) is 17.5 Å². The van der Waals surface area contributed by atoms with Crippen molar-refractivity contribution in [3.05, 3.63) is 18.1 Å². The molecular weight excluding hydrogens is 274 g/mol. The number of nitrogens with zero attached hydrogens (tertiary/aromatic N) is 2. The molecule has 1 fully saturated rings. The summed E-state index contributed by atoms with van der Waals surface area (Å²) in [6.07, 6.45) is 10.1. The van der Waals surface area contributed by atoms with Crippen LogP contribution >= 0.6 is 11.8 Å². The van der Waals surface area contributed by atoms with E-state index in [1.807, 2.05) is 11.8 Å². The second-order valence-electron chi connectivity index (χ2n) is 5.06. The van der Waals surface area contributed by atoms with Crippen LogP contribution < -0.4 is 5.32 Å². The van der Waals surface area contributed by atoms with Gasteiger partial charge in [0.2, 0.25) is 5.82 Å². The summed E-state index contributed by atoms with van der Waals surface area (Å²) in [7, 11) is 1.33. The number of ether oxygens (including phenoxy) is 1. The fourth-order valence-corrected chi connectivity index (χ4v) is 3.46. The average molecular weight is 295 g/mol. The zero-order chi connectivity index (χ0) is 14.4. The number of anilines is 1. The first kappa shape index (κ1) is 15.1. The van der Waals surface area contributed by atoms with Crippen LogP contribution in [0.5, 0.6) is 0 Å². The molecule has 0 saturated heterocycles. The lowest BCUT2D eigenvalue weighted by Crippen LogP contribution is -2.35. The van der Waals surface area contributed by atoms with Crippen molar-refractivity contribution in [2.24, 2.45) is 0 Å². The van der Waals surface area contributed by atoms with E-state index in [4.69, 9.17) is 0 Å². The van der Waals surface area contributed by atoms with Gasteiger partial charge in [-0.2, -0.15) is 11.8 Å². The SMILES string of the molecule is COC(=O)c1nccc(NCC2(SC)CCCCC2)n1. The molecule has 2 rings (SSSR count). The Kier molecular flexibility index (Phi) is 5.23. The summed E-state index contributed by atoms with van der Waals surface area (Å²) < 4.78 is 4.92. The first-order valence-corrected chi connectivity index (χ1v) is 8.12. The minimum Gasteiger partial charge on any atom is -0.463 e. The summed E-state index contributed by atoms with van der Waals surface area (Å²) in [5.74, 6) is 0.268. The molecule has 1 N–H and O–H groups in total. The summed E-state index contributed by atoms with van der Waals surface area (Å²) in [4.78, 5) is 19.5. The fraction of sp³-hybridized carbons (Fsp3) is 0.643. The Balaban J connectivity index is 2.01. The van der Waals surface area contributed by atoms with Crippen molar-refractivity contribution in [3.63, 3.8) is 0 Å². The van der Waals surface area contributed by atoms with Gasteiger partial charge in [-0.25, -0.2) is 14.8 Å². The highest BCUT2D eigenvalue weighted by Gasteiger charge is 2.30. The topological polar surface area (TPSA) is 64.1 Å². The zero-order valence-corrected chi connectivity index (χ0v) is 12.8. The predicted molar refractivity (Wildman–Crippen MR) is 81.2 cm³/mol. The monoisotopic (exact) mass is 295 g/mol. The number of esters is 1. The highest BCUT2D eigenvalue weighted by molar-refractivity contribution is 8.00. The second kappa shape index (κ2) is 6.92. The van der Waals surface area contributed by atoms with Gasteiger partial charge in [0.1, 0.15) is 5.82 Å². The number of rotatable bonds is 5. The molecule has 0 amide bonds. The lowest BCUT2D eigenvalue weighted by atomic mass is 9.88. The van der Waals surface area contributed by atoms with Crippen molar-refractivity contribution in [2.45, 2.75) is 36.9 Å². The van der Waals surface area contributed by atoms with Gasteiger partial charge in [0.25, 0.3) is 0 Å². The molecule has 6 heteroatoms. The van der Waals surface area contributed by atoms with E-state index in [2.05, 4.69) is 26.3 Å². The number of hydrogen-bond acceptors (Lipinski definition) is 6. The fourth-order valence-electron chi connectivity index (χ4n) is 2.55. The van der Waals surface area contributed by atoms with Gasteiger partial charge in [0.05, 0.1) is 7.11 Å². The molecule has 0 atom stereocenters. The van der Waals surface area contributed by atoms with Crippen LogP contribution in [-0.2, 0) is 4.74 Å². The molecule has 1 aromatic heterocycles. The van der Waals surface area contributed by atoms with E-state index in [9.17, 15) is 4.79 Å². The van der Waals surface area contributed by atoms with E-state index in [0.717, 1.165) is 6.54 Å². The van der Waals surface area contributed by atoms with Crippen LogP contribution in [0.1, 0.15) is 42.7 Å². The van der Waals surface area contributed by atoms with E-state index in [1.165, 1.54) is 39.2 Å². The molecule has 110 valence electrons. The molecule has 20 heavy (non-hydrogen) atoms. The largest absolute Gasteiger partial charge is 0.463 e. The van der Waals surface area contributed by atoms with Gasteiger partial charge in [-0.05, 0) is 25.2 Å². The Hall–Kier alpha value is -1.30. The molecule has 5 nitrogen and oxygen atoms in total. The molecule has 1 saturated carbocycles. The van der Waals surface area contributed by atoms with Gasteiger partial charge in [-0.15, -0.1) is 0 Å². The van der Waals surface area contributed by atoms with E-state index in [1.54, 1.807) is 12.3 Å². The Morgan fingerprint density at radius 3 is 2.85 bits per heavy atom. The molecule has 1 aliphatic rings. The molecule has 1 aromatic rings. The maximum absolute atomic E-state index is 11.4. The van der Waals surface area contributed by atoms with Crippen LogP contribution in [0.15, 0.2) is 12.3 Å². The minimum absolute atomic E-state index is 0.0966. The molecule has 0 radical (unpaired) electrons. The molecule has 1 aliphatic carbocycles. The predicted octanol–water partition coefficient (Wildman–Crippen LogP) is 2.74. The summed E-state index contributed by atoms with van der Waals surface area (Å²) in [5.41, 5.74) is 0. The smallest absolute Gasteiger partial charge is 0.376 e. The van der Waals surface area contributed by atoms with Gasteiger partial charge in [-0.1, -0.05) is 19.3 Å². The van der Waals surface area contributed by atoms with E-state index in [0.29, 0.717) is 5.82 Å². The van der Waals surface area contributed by atoms with E-state index < -0.39 is 5.97 Å². The molecule has 0 aliphatic heterocycles. The highest BCUT2D eigenvalue weighted by Crippen LogP contribution is 2.38. The molecule has 0 aromatic carbocycles. The van der Waals surface area contributed by atoms with Gasteiger partial charge >= 0.3 is 5.97 Å². The van der Waals surface area contributed by atoms with Crippen LogP contribution in [0.4, 0.5) is 5.82 Å². The van der Waals surface area contributed by atoms with Crippen molar-refractivity contribution in [1.29, 1.82) is 0 Å². The third kappa shape index (κ3) is 3.62. The van der Waals surface area contributed by atoms with Crippen molar-refractivity contribution in [1.82, 2.24) is 9.97 Å². The molecule has 0 unspecified atom stereocenters. The van der Waals surface area contributed by atoms with Crippen LogP contribution in [-0.4, -0.2) is 40.6 Å². The van der Waals surface area contributed by atoms with Gasteiger partial charge in [0.15, 0.2) is 0 Å². The summed E-state index contributed by atoms with van der Waals surface area (Å²) in [6.45, 7) is 0.867. The highest BCUT2D eigenvalue weighted by atomic mass is 32.2. The molecule has 0 bridgehead atoms. The number of nitrogens with one attached hydrogen (secondary N) is 1. The minimum atomic E-state index is -0.508. The molecule has 1 heterocycles. The van der Waals surface area contributed by atoms with Crippen LogP contribution in [0.25, 0.3) is 0 Å². The van der Waals surface area contributed by atoms with Crippen LogP contribution in [0.2, 0.25) is 0 Å². The van der Waals surface area contributed by atoms with Crippen LogP contribution in [0.3, 0.4) is 0 Å². The second-order valence-corrected chi connectivity index (χ2v) is 6.33. The Morgan fingerprint density at radius 1 is 1.45 bits per heavy atom. The molecular formula is C14H21N3O2S. The third-order valence-corrected chi connectivity index (χ3v) is 5.23. The van der Waals surface area contributed by atoms with Crippen molar-refractivity contribution >= 4 is 23.5 Å². The number of aromatic nitrogens is 2. The summed E-state index contributed by atoms with van der Waals surface area (Å²) in [6, 6.07) is 1.78. The van der Waals surface area contributed by atoms with Crippen LogP contribution in [0, 0.1) is 0 Å². The van der Waals surface area contributed by atoms with Crippen molar-refractivity contribution < 1.29 is 9.53 Å². The number of methoxy groups -OCH3 is 1.